The van der Waals surface area contributed by atoms with Gasteiger partial charge in [-0.1, -0.05) is 200 Å². The predicted octanol–water partition coefficient (Wildman–Crippen LogP) is 13.8. The van der Waals surface area contributed by atoms with E-state index in [2.05, 4.69) is 157 Å². The van der Waals surface area contributed by atoms with Crippen LogP contribution in [0.1, 0.15) is 27.8 Å². The molecule has 0 atom stereocenters. The van der Waals surface area contributed by atoms with Crippen LogP contribution in [0, 0.1) is 5.41 Å². The molecule has 1 aromatic heterocycles. The minimum Gasteiger partial charge on any atom is -0.354 e. The predicted molar refractivity (Wildman–Crippen MR) is 253 cm³/mol. The molecule has 0 saturated carbocycles. The topological polar surface area (TPSA) is 61.7 Å². The minimum atomic E-state index is 0.449. The van der Waals surface area contributed by atoms with Crippen molar-refractivity contribution in [1.29, 1.82) is 5.41 Å². The van der Waals surface area contributed by atoms with Crippen LogP contribution < -0.4 is 5.32 Å². The maximum atomic E-state index is 9.70. The summed E-state index contributed by atoms with van der Waals surface area (Å²) in [5, 5.41) is 13.5. The van der Waals surface area contributed by atoms with Crippen LogP contribution in [0.2, 0.25) is 0 Å². The van der Waals surface area contributed by atoms with Gasteiger partial charge in [0.1, 0.15) is 0 Å². The first kappa shape index (κ1) is 37.1. The third kappa shape index (κ3) is 7.74. The number of nitrogens with one attached hydrogen (secondary N) is 2. The number of fused-ring (bicyclic) bond motifs is 1. The van der Waals surface area contributed by atoms with Gasteiger partial charge in [0.25, 0.3) is 0 Å². The second-order valence-corrected chi connectivity index (χ2v) is 15.1. The Kier molecular flexibility index (Phi) is 10.1. The number of allylic oxidation sites excluding steroid dienone is 1. The number of nitrogens with zero attached hydrogens (tertiary/aromatic N) is 2. The van der Waals surface area contributed by atoms with Crippen molar-refractivity contribution in [3.05, 3.63) is 252 Å². The number of hydrogen-bond acceptors (Lipinski definition) is 4. The lowest BCUT2D eigenvalue weighted by Crippen LogP contribution is -2.20. The monoisotopic (exact) mass is 780 g/mol. The average Bonchev–Trinajstić information content (AvgIpc) is 3.35. The summed E-state index contributed by atoms with van der Waals surface area (Å²) in [6.45, 7) is 0. The van der Waals surface area contributed by atoms with Crippen LogP contribution in [-0.2, 0) is 0 Å². The molecule has 0 unspecified atom stereocenters. The summed E-state index contributed by atoms with van der Waals surface area (Å²) in [4.78, 5) is 10.3. The zero-order valence-corrected chi connectivity index (χ0v) is 33.3. The molecule has 0 amide bonds. The van der Waals surface area contributed by atoms with E-state index in [0.717, 1.165) is 95.1 Å². The van der Waals surface area contributed by atoms with Crippen molar-refractivity contribution in [2.45, 2.75) is 0 Å². The van der Waals surface area contributed by atoms with Crippen molar-refractivity contribution in [1.82, 2.24) is 15.3 Å². The highest BCUT2D eigenvalue weighted by molar-refractivity contribution is 6.36. The molecule has 10 rings (SSSR count). The van der Waals surface area contributed by atoms with Gasteiger partial charge in [0.15, 0.2) is 5.82 Å². The lowest BCUT2D eigenvalue weighted by Gasteiger charge is -2.27. The summed E-state index contributed by atoms with van der Waals surface area (Å²) in [6.07, 6.45) is 2.21. The third-order valence-electron chi connectivity index (χ3n) is 11.1. The fourth-order valence-electron chi connectivity index (χ4n) is 8.02. The Bertz CT molecular complexity index is 3080. The van der Waals surface area contributed by atoms with Gasteiger partial charge >= 0.3 is 0 Å². The molecule has 0 bridgehead atoms. The molecule has 9 aromatic rings. The molecule has 2 heterocycles. The lowest BCUT2D eigenvalue weighted by atomic mass is 9.86. The molecular formula is C57H40N4. The van der Waals surface area contributed by atoms with Crippen LogP contribution in [0.5, 0.6) is 0 Å². The van der Waals surface area contributed by atoms with E-state index >= 15 is 0 Å². The lowest BCUT2D eigenvalue weighted by molar-refractivity contribution is 1.18. The van der Waals surface area contributed by atoms with E-state index in [1.165, 1.54) is 0 Å². The van der Waals surface area contributed by atoms with Crippen LogP contribution in [0.25, 0.3) is 79.2 Å². The molecule has 0 fully saturated rings. The van der Waals surface area contributed by atoms with Gasteiger partial charge in [-0.05, 0) is 69.3 Å². The standard InChI is InChI=1S/C57H40N4/c58-55(42-24-12-4-13-25-42)54(41-22-10-3-11-23-41)56-50-36-46(32-33-47(50)37-51(59-56)40-20-8-2-9-21-40)45-29-17-31-49(35-45)53-38-52(60-57(61-53)43-26-14-5-15-27-43)48-30-16-28-44(34-48)39-18-6-1-7-19-39/h1-38,58-59H/b56-54-,58-55?. The largest absolute Gasteiger partial charge is 0.354 e. The van der Waals surface area contributed by atoms with Gasteiger partial charge < -0.3 is 5.32 Å². The van der Waals surface area contributed by atoms with Gasteiger partial charge in [0, 0.05) is 39.1 Å². The first-order valence-corrected chi connectivity index (χ1v) is 20.5. The fraction of sp³-hybridized carbons (Fsp3) is 0. The Labute approximate surface area is 356 Å². The van der Waals surface area contributed by atoms with Crippen molar-refractivity contribution >= 4 is 28.8 Å². The quantitative estimate of drug-likeness (QED) is 0.143. The zero-order chi connectivity index (χ0) is 41.0. The number of benzene rings is 8. The van der Waals surface area contributed by atoms with Crippen molar-refractivity contribution in [3.63, 3.8) is 0 Å². The molecular weight excluding hydrogens is 741 g/mol. The molecule has 288 valence electrons. The molecule has 0 saturated heterocycles. The number of rotatable bonds is 9. The molecule has 1 aliphatic heterocycles. The highest BCUT2D eigenvalue weighted by Crippen LogP contribution is 2.39. The Morgan fingerprint density at radius 2 is 0.836 bits per heavy atom. The molecule has 4 nitrogen and oxygen atoms in total. The summed E-state index contributed by atoms with van der Waals surface area (Å²) < 4.78 is 0. The Morgan fingerprint density at radius 1 is 0.377 bits per heavy atom. The van der Waals surface area contributed by atoms with E-state index in [1.54, 1.807) is 0 Å². The first-order chi connectivity index (χ1) is 30.1. The van der Waals surface area contributed by atoms with Crippen LogP contribution >= 0.6 is 0 Å². The maximum Gasteiger partial charge on any atom is 0.160 e. The summed E-state index contributed by atoms with van der Waals surface area (Å²) in [5.41, 5.74) is 17.2. The van der Waals surface area contributed by atoms with Gasteiger partial charge in [-0.15, -0.1) is 0 Å². The molecule has 2 N–H and O–H groups in total. The van der Waals surface area contributed by atoms with Crippen molar-refractivity contribution < 1.29 is 0 Å². The molecule has 0 radical (unpaired) electrons. The van der Waals surface area contributed by atoms with E-state index in [4.69, 9.17) is 9.97 Å². The molecule has 61 heavy (non-hydrogen) atoms. The average molecular weight is 781 g/mol. The van der Waals surface area contributed by atoms with Gasteiger partial charge in [-0.2, -0.15) is 0 Å². The second kappa shape index (κ2) is 16.6. The summed E-state index contributed by atoms with van der Waals surface area (Å²) in [5.74, 6) is 0.675. The highest BCUT2D eigenvalue weighted by atomic mass is 14.9. The smallest absolute Gasteiger partial charge is 0.160 e. The van der Waals surface area contributed by atoms with E-state index < -0.39 is 0 Å². The van der Waals surface area contributed by atoms with E-state index in [-0.39, 0.29) is 0 Å². The second-order valence-electron chi connectivity index (χ2n) is 15.1. The molecule has 1 aliphatic rings. The third-order valence-corrected chi connectivity index (χ3v) is 11.1. The SMILES string of the molecule is N=C(/C(=C1\NC(c2ccccc2)=Cc2ccc(-c3cccc(-c4cc(-c5cccc(-c6ccccc6)c5)nc(-c5ccccc5)n4)c3)cc21)c1ccccc1)c1ccccc1. The Hall–Kier alpha value is -8.21. The van der Waals surface area contributed by atoms with Crippen LogP contribution in [0.4, 0.5) is 0 Å². The number of hydrogen-bond donors (Lipinski definition) is 2. The summed E-state index contributed by atoms with van der Waals surface area (Å²) >= 11 is 0. The fourth-order valence-corrected chi connectivity index (χ4v) is 8.02. The normalized spacial score (nSPS) is 12.8. The molecule has 0 spiro atoms. The Morgan fingerprint density at radius 3 is 1.43 bits per heavy atom. The molecule has 8 aromatic carbocycles. The van der Waals surface area contributed by atoms with Gasteiger partial charge in [0.05, 0.1) is 22.8 Å². The zero-order valence-electron chi connectivity index (χ0n) is 33.3. The van der Waals surface area contributed by atoms with Crippen molar-refractivity contribution in [3.8, 4) is 56.2 Å². The van der Waals surface area contributed by atoms with Crippen LogP contribution in [0.3, 0.4) is 0 Å². The maximum absolute atomic E-state index is 9.70. The van der Waals surface area contributed by atoms with Crippen LogP contribution in [0.15, 0.2) is 224 Å². The first-order valence-electron chi connectivity index (χ1n) is 20.5. The van der Waals surface area contributed by atoms with Crippen molar-refractivity contribution in [2.75, 3.05) is 0 Å². The van der Waals surface area contributed by atoms with E-state index in [9.17, 15) is 5.41 Å². The number of aromatic nitrogens is 2. The van der Waals surface area contributed by atoms with E-state index in [0.29, 0.717) is 11.5 Å². The van der Waals surface area contributed by atoms with Crippen molar-refractivity contribution in [2.24, 2.45) is 0 Å². The summed E-state index contributed by atoms with van der Waals surface area (Å²) in [7, 11) is 0. The van der Waals surface area contributed by atoms with Gasteiger partial charge in [-0.3, -0.25) is 5.41 Å². The minimum absolute atomic E-state index is 0.449. The van der Waals surface area contributed by atoms with Crippen LogP contribution in [-0.4, -0.2) is 15.7 Å². The molecule has 0 aliphatic carbocycles. The van der Waals surface area contributed by atoms with Gasteiger partial charge in [-0.25, -0.2) is 9.97 Å². The van der Waals surface area contributed by atoms with Gasteiger partial charge in [0.2, 0.25) is 0 Å². The highest BCUT2D eigenvalue weighted by Gasteiger charge is 2.24. The molecule has 4 heteroatoms. The Balaban J connectivity index is 1.11. The summed E-state index contributed by atoms with van der Waals surface area (Å²) in [6, 6.07) is 77.2. The van der Waals surface area contributed by atoms with E-state index in [1.807, 2.05) is 78.9 Å².